The summed E-state index contributed by atoms with van der Waals surface area (Å²) in [6.45, 7) is 0.593. The summed E-state index contributed by atoms with van der Waals surface area (Å²) in [5.41, 5.74) is 14.4. The van der Waals surface area contributed by atoms with Crippen molar-refractivity contribution in [1.29, 1.82) is 0 Å². The van der Waals surface area contributed by atoms with Gasteiger partial charge in [0.25, 0.3) is 23.7 Å². The zero-order chi connectivity index (χ0) is 41.9. The number of amides is 5. The smallest absolute Gasteiger partial charge is 0.289 e. The minimum atomic E-state index is -1.23. The van der Waals surface area contributed by atoms with Crippen LogP contribution >= 0.6 is 0 Å². The van der Waals surface area contributed by atoms with Gasteiger partial charge in [-0.15, -0.1) is 0 Å². The Morgan fingerprint density at radius 1 is 0.810 bits per heavy atom. The number of nitrogens with two attached hydrogens (primary N) is 2. The van der Waals surface area contributed by atoms with E-state index in [2.05, 4.69) is 20.9 Å². The Kier molecular flexibility index (Phi) is 18.2. The topological polar surface area (TPSA) is 261 Å². The summed E-state index contributed by atoms with van der Waals surface area (Å²) < 4.78 is 0. The number of carbonyl (C=O) groups excluding carboxylic acids is 6. The van der Waals surface area contributed by atoms with Crippen molar-refractivity contribution >= 4 is 41.3 Å². The van der Waals surface area contributed by atoms with Crippen LogP contribution in [0.25, 0.3) is 0 Å². The lowest BCUT2D eigenvalue weighted by molar-refractivity contribution is -0.525. The molecule has 17 heteroatoms. The van der Waals surface area contributed by atoms with E-state index < -0.39 is 40.7 Å². The van der Waals surface area contributed by atoms with Gasteiger partial charge in [0.1, 0.15) is 12.1 Å². The molecule has 0 unspecified atom stereocenters. The number of hydrogen-bond acceptors (Lipinski definition) is 10. The molecule has 1 saturated carbocycles. The van der Waals surface area contributed by atoms with Gasteiger partial charge >= 0.3 is 0 Å². The first-order chi connectivity index (χ1) is 28.0. The number of nitro groups is 1. The molecule has 1 aliphatic heterocycles. The normalized spacial score (nSPS) is 15.7. The van der Waals surface area contributed by atoms with E-state index in [9.17, 15) is 38.9 Å². The second-order valence-corrected chi connectivity index (χ2v) is 14.9. The van der Waals surface area contributed by atoms with E-state index in [1.165, 1.54) is 4.90 Å². The first kappa shape index (κ1) is 45.0. The summed E-state index contributed by atoms with van der Waals surface area (Å²) in [7, 11) is 0. The maximum atomic E-state index is 14.1. The first-order valence-electron chi connectivity index (χ1n) is 20.3. The van der Waals surface area contributed by atoms with E-state index in [4.69, 9.17) is 11.5 Å². The van der Waals surface area contributed by atoms with Gasteiger partial charge in [-0.3, -0.25) is 33.7 Å². The lowest BCUT2D eigenvalue weighted by Gasteiger charge is -2.27. The standard InChI is InChI=1S/C41H57N9O8/c42-23-25-44-38(54)35(51)34(27-28-15-6-5-7-16-28)47-37(53)33(22-14-24-45-41(43)48-50(57)58)46-36(52)30(29-17-9-10-18-29)19-8-3-1-2-4-13-26-49-39(55)31-20-11-12-21-32(31)40(49)56/h5-7,11-12,15-16,20-21,29-30,33-34H,1-4,8-10,13-14,17-19,22-27,42H2,(H,44,54)(H,46,52)(H,47,53)(H3,43,45,48)/t30-,33-,34-/m0/s1. The Morgan fingerprint density at radius 2 is 1.41 bits per heavy atom. The van der Waals surface area contributed by atoms with Gasteiger partial charge in [-0.1, -0.05) is 92.8 Å². The van der Waals surface area contributed by atoms with Crippen LogP contribution in [0.3, 0.4) is 0 Å². The van der Waals surface area contributed by atoms with Gasteiger partial charge in [0.2, 0.25) is 17.6 Å². The van der Waals surface area contributed by atoms with E-state index >= 15 is 0 Å². The van der Waals surface area contributed by atoms with Crippen molar-refractivity contribution in [1.82, 2.24) is 26.3 Å². The van der Waals surface area contributed by atoms with Crippen molar-refractivity contribution in [3.8, 4) is 0 Å². The Bertz CT molecular complexity index is 1730. The highest BCUT2D eigenvalue weighted by Crippen LogP contribution is 2.34. The zero-order valence-corrected chi connectivity index (χ0v) is 33.0. The van der Waals surface area contributed by atoms with Gasteiger partial charge in [-0.05, 0) is 62.1 Å². The van der Waals surface area contributed by atoms with Crippen molar-refractivity contribution < 1.29 is 33.8 Å². The van der Waals surface area contributed by atoms with Crippen LogP contribution in [0.4, 0.5) is 0 Å². The van der Waals surface area contributed by atoms with E-state index in [0.29, 0.717) is 36.1 Å². The number of hydrazine groups is 1. The fourth-order valence-corrected chi connectivity index (χ4v) is 7.66. The average molecular weight is 804 g/mol. The van der Waals surface area contributed by atoms with Crippen LogP contribution < -0.4 is 32.8 Å². The third-order valence-corrected chi connectivity index (χ3v) is 10.7. The van der Waals surface area contributed by atoms with Crippen LogP contribution in [0.2, 0.25) is 0 Å². The number of carbonyl (C=O) groups is 6. The highest BCUT2D eigenvalue weighted by molar-refractivity contribution is 6.38. The third-order valence-electron chi connectivity index (χ3n) is 10.7. The number of Topliss-reactive ketones (excluding diaryl/α,β-unsaturated/α-hetero) is 1. The summed E-state index contributed by atoms with van der Waals surface area (Å²) in [5.74, 6) is -3.74. The van der Waals surface area contributed by atoms with Gasteiger partial charge in [-0.25, -0.2) is 15.1 Å². The SMILES string of the molecule is NCCNC(=O)C(=O)[C@H](Cc1ccccc1)NC(=O)[C@H](CCCN=C(N)N[N+](=O)[O-])NC(=O)[C@@H](CCCCCCCCN1C(=O)c2ccccc2C1=O)C1CCCC1. The molecule has 1 aliphatic carbocycles. The fraction of sp³-hybridized carbons (Fsp3) is 0.537. The summed E-state index contributed by atoms with van der Waals surface area (Å²) in [4.78, 5) is 95.4. The van der Waals surface area contributed by atoms with Crippen molar-refractivity contribution in [2.45, 2.75) is 102 Å². The summed E-state index contributed by atoms with van der Waals surface area (Å²) >= 11 is 0. The molecule has 3 atom stereocenters. The highest BCUT2D eigenvalue weighted by Gasteiger charge is 2.36. The lowest BCUT2D eigenvalue weighted by atomic mass is 9.85. The number of rotatable bonds is 25. The van der Waals surface area contributed by atoms with Gasteiger partial charge in [0.15, 0.2) is 5.03 Å². The molecule has 0 bridgehead atoms. The molecule has 1 heterocycles. The maximum Gasteiger partial charge on any atom is 0.289 e. The molecule has 4 rings (SSSR count). The summed E-state index contributed by atoms with van der Waals surface area (Å²) in [6.07, 6.45) is 9.88. The molecule has 0 spiro atoms. The summed E-state index contributed by atoms with van der Waals surface area (Å²) in [6, 6.07) is 13.4. The number of nitrogens with zero attached hydrogens (tertiary/aromatic N) is 3. The van der Waals surface area contributed by atoms with Gasteiger partial charge in [-0.2, -0.15) is 0 Å². The number of fused-ring (bicyclic) bond motifs is 1. The molecule has 0 radical (unpaired) electrons. The van der Waals surface area contributed by atoms with Gasteiger partial charge in [0, 0.05) is 38.5 Å². The number of hydrogen-bond donors (Lipinski definition) is 6. The number of unbranched alkanes of at least 4 members (excludes halogenated alkanes) is 5. The molecule has 2 aliphatic rings. The quantitative estimate of drug-likeness (QED) is 0.0162. The number of nitrogens with one attached hydrogen (secondary N) is 4. The monoisotopic (exact) mass is 803 g/mol. The molecule has 2 aromatic carbocycles. The predicted molar refractivity (Wildman–Crippen MR) is 217 cm³/mol. The molecule has 314 valence electrons. The Hall–Kier alpha value is -5.71. The molecule has 17 nitrogen and oxygen atoms in total. The number of imide groups is 1. The number of aliphatic imine (C=N–C) groups is 1. The minimum Gasteiger partial charge on any atom is -0.365 e. The number of ketones is 1. The zero-order valence-electron chi connectivity index (χ0n) is 33.0. The average Bonchev–Trinajstić information content (AvgIpc) is 3.83. The fourth-order valence-electron chi connectivity index (χ4n) is 7.66. The predicted octanol–water partition coefficient (Wildman–Crippen LogP) is 2.55. The van der Waals surface area contributed by atoms with Crippen LogP contribution in [0, 0.1) is 22.0 Å². The van der Waals surface area contributed by atoms with Crippen LogP contribution in [-0.2, 0) is 25.6 Å². The lowest BCUT2D eigenvalue weighted by Crippen LogP contribution is -2.55. The Balaban J connectivity index is 1.36. The van der Waals surface area contributed by atoms with Crippen LogP contribution in [0.1, 0.15) is 110 Å². The largest absolute Gasteiger partial charge is 0.365 e. The van der Waals surface area contributed by atoms with Gasteiger partial charge < -0.3 is 27.4 Å². The van der Waals surface area contributed by atoms with E-state index in [-0.39, 0.29) is 68.5 Å². The third kappa shape index (κ3) is 13.7. The minimum absolute atomic E-state index is 0.0184. The van der Waals surface area contributed by atoms with Crippen LogP contribution in [0.5, 0.6) is 0 Å². The van der Waals surface area contributed by atoms with E-state index in [1.54, 1.807) is 60.0 Å². The first-order valence-corrected chi connectivity index (χ1v) is 20.3. The van der Waals surface area contributed by atoms with E-state index in [0.717, 1.165) is 57.8 Å². The van der Waals surface area contributed by atoms with Crippen molar-refractivity contribution in [2.24, 2.45) is 28.3 Å². The maximum absolute atomic E-state index is 14.1. The molecular formula is C41H57N9O8. The van der Waals surface area contributed by atoms with Crippen LogP contribution in [0.15, 0.2) is 59.6 Å². The summed E-state index contributed by atoms with van der Waals surface area (Å²) in [5, 5.41) is 18.0. The highest BCUT2D eigenvalue weighted by atomic mass is 16.7. The van der Waals surface area contributed by atoms with Crippen molar-refractivity contribution in [2.75, 3.05) is 26.2 Å². The molecule has 0 aromatic heterocycles. The molecule has 2 aromatic rings. The van der Waals surface area contributed by atoms with Crippen molar-refractivity contribution in [3.63, 3.8) is 0 Å². The second kappa shape index (κ2) is 23.5. The van der Waals surface area contributed by atoms with E-state index in [1.807, 2.05) is 0 Å². The van der Waals surface area contributed by atoms with Gasteiger partial charge in [0.05, 0.1) is 11.1 Å². The molecule has 1 fully saturated rings. The molecule has 5 amide bonds. The Morgan fingerprint density at radius 3 is 2.05 bits per heavy atom. The Labute approximate surface area is 338 Å². The molecule has 58 heavy (non-hydrogen) atoms. The van der Waals surface area contributed by atoms with Crippen LogP contribution in [-0.4, -0.2) is 89.5 Å². The second-order valence-electron chi connectivity index (χ2n) is 14.9. The number of benzene rings is 2. The molecule has 8 N–H and O–H groups in total. The number of guanidine groups is 1. The molecular weight excluding hydrogens is 747 g/mol. The van der Waals surface area contributed by atoms with Crippen molar-refractivity contribution in [3.05, 3.63) is 81.4 Å². The molecule has 0 saturated heterocycles.